The molecule has 0 bridgehead atoms. The highest BCUT2D eigenvalue weighted by atomic mass is 16.5. The number of amides is 2. The van der Waals surface area contributed by atoms with Gasteiger partial charge in [0.05, 0.1) is 17.6 Å². The van der Waals surface area contributed by atoms with Crippen molar-refractivity contribution in [2.75, 3.05) is 53.5 Å². The minimum Gasteiger partial charge on any atom is -0.383 e. The van der Waals surface area contributed by atoms with Gasteiger partial charge in [-0.25, -0.2) is 0 Å². The van der Waals surface area contributed by atoms with Gasteiger partial charge >= 0.3 is 0 Å². The highest BCUT2D eigenvalue weighted by molar-refractivity contribution is 5.94. The van der Waals surface area contributed by atoms with Gasteiger partial charge in [0.1, 0.15) is 0 Å². The van der Waals surface area contributed by atoms with Gasteiger partial charge in [-0.1, -0.05) is 0 Å². The van der Waals surface area contributed by atoms with Crippen molar-refractivity contribution in [2.45, 2.75) is 37.6 Å². The zero-order chi connectivity index (χ0) is 20.5. The molecule has 0 unspecified atom stereocenters. The van der Waals surface area contributed by atoms with E-state index in [0.717, 1.165) is 58.3 Å². The molecule has 7 heteroatoms. The van der Waals surface area contributed by atoms with Crippen LogP contribution in [0.15, 0.2) is 24.5 Å². The lowest BCUT2D eigenvalue weighted by Gasteiger charge is -2.44. The van der Waals surface area contributed by atoms with Crippen molar-refractivity contribution >= 4 is 11.8 Å². The second kappa shape index (κ2) is 8.03. The average molecular weight is 401 g/mol. The number of methoxy groups -OCH3 is 1. The van der Waals surface area contributed by atoms with E-state index in [2.05, 4.69) is 9.88 Å². The van der Waals surface area contributed by atoms with Crippen molar-refractivity contribution in [3.05, 3.63) is 30.1 Å². The molecule has 0 saturated carbocycles. The molecular formula is C22H32N4O3. The van der Waals surface area contributed by atoms with Crippen LogP contribution in [0.1, 0.15) is 42.5 Å². The second-order valence-electron chi connectivity index (χ2n) is 8.91. The van der Waals surface area contributed by atoms with Crippen molar-refractivity contribution < 1.29 is 14.3 Å². The Kier molecular flexibility index (Phi) is 5.62. The summed E-state index contributed by atoms with van der Waals surface area (Å²) in [4.78, 5) is 36.5. The van der Waals surface area contributed by atoms with E-state index in [4.69, 9.17) is 4.74 Å². The molecule has 4 heterocycles. The minimum atomic E-state index is -0.214. The first-order valence-corrected chi connectivity index (χ1v) is 10.7. The van der Waals surface area contributed by atoms with Crippen LogP contribution in [0.4, 0.5) is 0 Å². The predicted octanol–water partition coefficient (Wildman–Crippen LogP) is 1.65. The van der Waals surface area contributed by atoms with E-state index in [1.807, 2.05) is 22.9 Å². The summed E-state index contributed by atoms with van der Waals surface area (Å²) >= 11 is 0. The van der Waals surface area contributed by atoms with E-state index in [0.29, 0.717) is 24.6 Å². The zero-order valence-electron chi connectivity index (χ0n) is 17.6. The highest BCUT2D eigenvalue weighted by Gasteiger charge is 2.58. The number of likely N-dealkylation sites (tertiary alicyclic amines) is 3. The molecule has 3 saturated heterocycles. The fourth-order valence-corrected chi connectivity index (χ4v) is 5.52. The number of hydrogen-bond acceptors (Lipinski definition) is 5. The molecule has 158 valence electrons. The molecule has 3 fully saturated rings. The van der Waals surface area contributed by atoms with E-state index in [1.165, 1.54) is 0 Å². The second-order valence-corrected chi connectivity index (χ2v) is 8.91. The van der Waals surface area contributed by atoms with Gasteiger partial charge in [-0.05, 0) is 57.3 Å². The van der Waals surface area contributed by atoms with Crippen LogP contribution < -0.4 is 0 Å². The summed E-state index contributed by atoms with van der Waals surface area (Å²) in [5.74, 6) is 0.358. The van der Waals surface area contributed by atoms with Gasteiger partial charge in [-0.3, -0.25) is 14.6 Å². The fraction of sp³-hybridized carbons (Fsp3) is 0.682. The SMILES string of the molecule is COCCN1CCC2(CC1)CC1(CCN(C(=O)c3cccnc3)CC1)N(C)C2=O. The predicted molar refractivity (Wildman–Crippen MR) is 109 cm³/mol. The molecule has 2 amide bonds. The van der Waals surface area contributed by atoms with Crippen molar-refractivity contribution in [1.29, 1.82) is 0 Å². The van der Waals surface area contributed by atoms with E-state index < -0.39 is 0 Å². The van der Waals surface area contributed by atoms with Crippen LogP contribution in [-0.4, -0.2) is 90.5 Å². The maximum atomic E-state index is 13.3. The van der Waals surface area contributed by atoms with E-state index in [1.54, 1.807) is 25.6 Å². The van der Waals surface area contributed by atoms with Gasteiger partial charge in [0.2, 0.25) is 5.91 Å². The third kappa shape index (κ3) is 3.66. The zero-order valence-corrected chi connectivity index (χ0v) is 17.6. The Morgan fingerprint density at radius 1 is 1.17 bits per heavy atom. The first-order chi connectivity index (χ1) is 14.0. The first kappa shape index (κ1) is 20.3. The Balaban J connectivity index is 1.40. The topological polar surface area (TPSA) is 66.0 Å². The smallest absolute Gasteiger partial charge is 0.255 e. The Morgan fingerprint density at radius 2 is 1.90 bits per heavy atom. The largest absolute Gasteiger partial charge is 0.383 e. The Hall–Kier alpha value is -1.99. The molecule has 0 atom stereocenters. The van der Waals surface area contributed by atoms with Crippen LogP contribution in [0.5, 0.6) is 0 Å². The third-order valence-electron chi connectivity index (χ3n) is 7.45. The number of pyridine rings is 1. The number of rotatable bonds is 4. The summed E-state index contributed by atoms with van der Waals surface area (Å²) in [7, 11) is 3.71. The van der Waals surface area contributed by atoms with Crippen LogP contribution in [0, 0.1) is 5.41 Å². The number of hydrogen-bond donors (Lipinski definition) is 0. The maximum Gasteiger partial charge on any atom is 0.255 e. The molecule has 0 aromatic carbocycles. The van der Waals surface area contributed by atoms with Crippen molar-refractivity contribution in [2.24, 2.45) is 5.41 Å². The van der Waals surface area contributed by atoms with Gasteiger partial charge in [0.15, 0.2) is 0 Å². The number of ether oxygens (including phenoxy) is 1. The van der Waals surface area contributed by atoms with E-state index in [-0.39, 0.29) is 16.9 Å². The lowest BCUT2D eigenvalue weighted by molar-refractivity contribution is -0.139. The maximum absolute atomic E-state index is 13.3. The molecule has 7 nitrogen and oxygen atoms in total. The molecule has 3 aliphatic rings. The summed E-state index contributed by atoms with van der Waals surface area (Å²) < 4.78 is 5.20. The van der Waals surface area contributed by atoms with Crippen LogP contribution in [-0.2, 0) is 9.53 Å². The Labute approximate surface area is 173 Å². The fourth-order valence-electron chi connectivity index (χ4n) is 5.52. The molecule has 1 aromatic heterocycles. The van der Waals surface area contributed by atoms with Gasteiger partial charge < -0.3 is 19.4 Å². The molecular weight excluding hydrogens is 368 g/mol. The molecule has 2 spiro atoms. The molecule has 1 aromatic rings. The summed E-state index contributed by atoms with van der Waals surface area (Å²) in [6, 6.07) is 3.61. The van der Waals surface area contributed by atoms with Crippen LogP contribution >= 0.6 is 0 Å². The monoisotopic (exact) mass is 400 g/mol. The lowest BCUT2D eigenvalue weighted by Crippen LogP contribution is -2.52. The standard InChI is InChI=1S/C22H32N4O3/c1-24-20(28)21(5-10-25(11-6-21)14-15-29-2)17-22(24)7-12-26(13-8-22)19(27)18-4-3-9-23-16-18/h3-4,9,16H,5-8,10-15,17H2,1-2H3. The summed E-state index contributed by atoms with van der Waals surface area (Å²) in [6.07, 6.45) is 7.82. The summed E-state index contributed by atoms with van der Waals surface area (Å²) in [6.45, 7) is 5.00. The number of aromatic nitrogens is 1. The van der Waals surface area contributed by atoms with Crippen molar-refractivity contribution in [1.82, 2.24) is 19.7 Å². The Morgan fingerprint density at radius 3 is 2.52 bits per heavy atom. The van der Waals surface area contributed by atoms with Gasteiger partial charge in [0, 0.05) is 51.7 Å². The van der Waals surface area contributed by atoms with E-state index in [9.17, 15) is 9.59 Å². The molecule has 4 rings (SSSR count). The van der Waals surface area contributed by atoms with Crippen LogP contribution in [0.25, 0.3) is 0 Å². The number of carbonyl (C=O) groups is 2. The average Bonchev–Trinajstić information content (AvgIpc) is 2.96. The molecule has 0 aliphatic carbocycles. The molecule has 0 radical (unpaired) electrons. The van der Waals surface area contributed by atoms with Crippen molar-refractivity contribution in [3.63, 3.8) is 0 Å². The van der Waals surface area contributed by atoms with Gasteiger partial charge in [-0.15, -0.1) is 0 Å². The Bertz CT molecular complexity index is 738. The number of piperidine rings is 2. The van der Waals surface area contributed by atoms with Gasteiger partial charge in [0.25, 0.3) is 5.91 Å². The molecule has 0 N–H and O–H groups in total. The number of carbonyl (C=O) groups excluding carboxylic acids is 2. The number of nitrogens with zero attached hydrogens (tertiary/aromatic N) is 4. The quantitative estimate of drug-likeness (QED) is 0.769. The van der Waals surface area contributed by atoms with Crippen molar-refractivity contribution in [3.8, 4) is 0 Å². The van der Waals surface area contributed by atoms with E-state index >= 15 is 0 Å². The van der Waals surface area contributed by atoms with Gasteiger partial charge in [-0.2, -0.15) is 0 Å². The lowest BCUT2D eigenvalue weighted by atomic mass is 9.71. The normalized spacial score (nSPS) is 23.9. The van der Waals surface area contributed by atoms with Crippen LogP contribution in [0.3, 0.4) is 0 Å². The summed E-state index contributed by atoms with van der Waals surface area (Å²) in [5, 5.41) is 0. The third-order valence-corrected chi connectivity index (χ3v) is 7.45. The minimum absolute atomic E-state index is 0.0427. The van der Waals surface area contributed by atoms with Crippen LogP contribution in [0.2, 0.25) is 0 Å². The first-order valence-electron chi connectivity index (χ1n) is 10.7. The molecule has 29 heavy (non-hydrogen) atoms. The molecule has 3 aliphatic heterocycles. The highest BCUT2D eigenvalue weighted by Crippen LogP contribution is 2.52. The summed E-state index contributed by atoms with van der Waals surface area (Å²) in [5.41, 5.74) is 0.324.